The molecular formula is C16H19ClN10O. The van der Waals surface area contributed by atoms with E-state index in [1.165, 1.54) is 0 Å². The number of hydrazone groups is 1. The molecule has 0 atom stereocenters. The first-order valence-electron chi connectivity index (χ1n) is 8.71. The topological polar surface area (TPSA) is 126 Å². The van der Waals surface area contributed by atoms with Crippen LogP contribution in [0.2, 0.25) is 5.28 Å². The SMILES string of the molecule is CCOCCn1nc(C2=NNNN2)c2nc(Cl)nc(Nc3cc(C)ccn3)c21. The number of nitrogens with zero attached hydrogens (tertiary/aromatic N) is 6. The number of aryl methyl sites for hydroxylation is 1. The van der Waals surface area contributed by atoms with Gasteiger partial charge in [0, 0.05) is 12.8 Å². The maximum Gasteiger partial charge on any atom is 0.225 e. The Bertz CT molecular complexity index is 1030. The Morgan fingerprint density at radius 1 is 1.32 bits per heavy atom. The molecule has 0 spiro atoms. The first kappa shape index (κ1) is 18.3. The molecular weight excluding hydrogens is 384 g/mol. The predicted octanol–water partition coefficient (Wildman–Crippen LogP) is 1.24. The van der Waals surface area contributed by atoms with Gasteiger partial charge in [-0.05, 0) is 43.1 Å². The van der Waals surface area contributed by atoms with Crippen LogP contribution in [0.5, 0.6) is 0 Å². The van der Waals surface area contributed by atoms with Crippen LogP contribution in [0.15, 0.2) is 23.4 Å². The third-order valence-corrected chi connectivity index (χ3v) is 4.17. The van der Waals surface area contributed by atoms with Gasteiger partial charge >= 0.3 is 0 Å². The highest BCUT2D eigenvalue weighted by Gasteiger charge is 2.23. The molecule has 3 aromatic heterocycles. The fourth-order valence-electron chi connectivity index (χ4n) is 2.80. The van der Waals surface area contributed by atoms with Gasteiger partial charge in [0.25, 0.3) is 0 Å². The molecule has 11 nitrogen and oxygen atoms in total. The zero-order valence-corrected chi connectivity index (χ0v) is 16.1. The molecule has 4 N–H and O–H groups in total. The fraction of sp³-hybridized carbons (Fsp3) is 0.312. The Labute approximate surface area is 165 Å². The second-order valence-corrected chi connectivity index (χ2v) is 6.31. The van der Waals surface area contributed by atoms with Crippen LogP contribution in [-0.4, -0.2) is 43.8 Å². The van der Waals surface area contributed by atoms with Gasteiger partial charge < -0.3 is 10.1 Å². The third kappa shape index (κ3) is 3.67. The molecule has 0 unspecified atom stereocenters. The van der Waals surface area contributed by atoms with Crippen molar-refractivity contribution in [3.05, 3.63) is 34.9 Å². The number of amidine groups is 1. The van der Waals surface area contributed by atoms with E-state index in [1.807, 2.05) is 26.0 Å². The van der Waals surface area contributed by atoms with Gasteiger partial charge in [0.2, 0.25) is 5.28 Å². The molecule has 0 amide bonds. The minimum atomic E-state index is 0.0905. The largest absolute Gasteiger partial charge is 0.380 e. The van der Waals surface area contributed by atoms with Gasteiger partial charge in [0.15, 0.2) is 17.3 Å². The molecule has 12 heteroatoms. The van der Waals surface area contributed by atoms with Crippen molar-refractivity contribution in [3.8, 4) is 0 Å². The Balaban J connectivity index is 1.83. The van der Waals surface area contributed by atoms with Gasteiger partial charge in [0.05, 0.1) is 13.2 Å². The minimum Gasteiger partial charge on any atom is -0.380 e. The quantitative estimate of drug-likeness (QED) is 0.341. The second kappa shape index (κ2) is 7.92. The van der Waals surface area contributed by atoms with Crippen LogP contribution in [0, 0.1) is 6.92 Å². The Morgan fingerprint density at radius 3 is 2.96 bits per heavy atom. The van der Waals surface area contributed by atoms with Crippen LogP contribution in [0.4, 0.5) is 11.6 Å². The molecule has 0 fully saturated rings. The van der Waals surface area contributed by atoms with Crippen LogP contribution in [-0.2, 0) is 11.3 Å². The summed E-state index contributed by atoms with van der Waals surface area (Å²) in [4.78, 5) is 13.1. The number of anilines is 2. The van der Waals surface area contributed by atoms with Crippen LogP contribution < -0.4 is 21.8 Å². The van der Waals surface area contributed by atoms with Crippen molar-refractivity contribution in [1.82, 2.24) is 41.2 Å². The lowest BCUT2D eigenvalue weighted by Crippen LogP contribution is -2.35. The van der Waals surface area contributed by atoms with E-state index in [4.69, 9.17) is 16.3 Å². The Kier molecular flexibility index (Phi) is 5.19. The van der Waals surface area contributed by atoms with Crippen molar-refractivity contribution < 1.29 is 4.74 Å². The fourth-order valence-corrected chi connectivity index (χ4v) is 2.97. The zero-order valence-electron chi connectivity index (χ0n) is 15.3. The molecule has 0 aromatic carbocycles. The van der Waals surface area contributed by atoms with Gasteiger partial charge in [-0.25, -0.2) is 15.5 Å². The summed E-state index contributed by atoms with van der Waals surface area (Å²) in [6.07, 6.45) is 1.73. The van der Waals surface area contributed by atoms with E-state index in [0.717, 1.165) is 5.56 Å². The lowest BCUT2D eigenvalue weighted by molar-refractivity contribution is 0.137. The first-order valence-corrected chi connectivity index (χ1v) is 9.09. The molecule has 0 aliphatic carbocycles. The summed E-state index contributed by atoms with van der Waals surface area (Å²) in [6.45, 7) is 5.56. The van der Waals surface area contributed by atoms with E-state index >= 15 is 0 Å². The number of pyridine rings is 1. The van der Waals surface area contributed by atoms with Crippen LogP contribution in [0.1, 0.15) is 18.2 Å². The number of hydrogen-bond donors (Lipinski definition) is 4. The maximum atomic E-state index is 6.20. The molecule has 146 valence electrons. The lowest BCUT2D eigenvalue weighted by atomic mass is 10.3. The molecule has 4 rings (SSSR count). The van der Waals surface area contributed by atoms with E-state index in [2.05, 4.69) is 47.0 Å². The van der Waals surface area contributed by atoms with Gasteiger partial charge in [-0.1, -0.05) is 0 Å². The molecule has 1 aliphatic heterocycles. The standard InChI is InChI=1S/C16H19ClN10O/c1-3-28-7-6-27-13-11(12(24-27)14-22-25-26-23-14)20-16(17)21-15(13)19-10-8-9(2)4-5-18-10/h4-5,8,25-26H,3,6-7H2,1-2H3,(H,22,23)(H,18,19,20,21). The van der Waals surface area contributed by atoms with Gasteiger partial charge in [0.1, 0.15) is 16.9 Å². The predicted molar refractivity (Wildman–Crippen MR) is 105 cm³/mol. The number of fused-ring (bicyclic) bond motifs is 1. The highest BCUT2D eigenvalue weighted by Crippen LogP contribution is 2.27. The van der Waals surface area contributed by atoms with Crippen LogP contribution in [0.3, 0.4) is 0 Å². The summed E-state index contributed by atoms with van der Waals surface area (Å²) in [5.74, 6) is 1.65. The molecule has 28 heavy (non-hydrogen) atoms. The number of hydrogen-bond acceptors (Lipinski definition) is 10. The third-order valence-electron chi connectivity index (χ3n) is 4.00. The van der Waals surface area contributed by atoms with Crippen molar-refractivity contribution in [2.24, 2.45) is 5.10 Å². The van der Waals surface area contributed by atoms with E-state index in [9.17, 15) is 0 Å². The van der Waals surface area contributed by atoms with Crippen molar-refractivity contribution in [2.75, 3.05) is 18.5 Å². The summed E-state index contributed by atoms with van der Waals surface area (Å²) >= 11 is 6.20. The number of aromatic nitrogens is 5. The smallest absolute Gasteiger partial charge is 0.225 e. The highest BCUT2D eigenvalue weighted by atomic mass is 35.5. The molecule has 0 bridgehead atoms. The number of rotatable bonds is 7. The monoisotopic (exact) mass is 402 g/mol. The van der Waals surface area contributed by atoms with E-state index in [0.29, 0.717) is 54.0 Å². The minimum absolute atomic E-state index is 0.0905. The average molecular weight is 403 g/mol. The average Bonchev–Trinajstić information content (AvgIpc) is 3.30. The summed E-state index contributed by atoms with van der Waals surface area (Å²) in [5, 5.41) is 12.1. The van der Waals surface area contributed by atoms with E-state index in [1.54, 1.807) is 10.9 Å². The van der Waals surface area contributed by atoms with Crippen molar-refractivity contribution >= 4 is 40.1 Å². The second-order valence-electron chi connectivity index (χ2n) is 5.97. The van der Waals surface area contributed by atoms with Gasteiger partial charge in [-0.15, -0.1) is 10.6 Å². The summed E-state index contributed by atoms with van der Waals surface area (Å²) in [5.41, 5.74) is 11.0. The number of ether oxygens (including phenoxy) is 1. The zero-order chi connectivity index (χ0) is 19.5. The lowest BCUT2D eigenvalue weighted by Gasteiger charge is -2.10. The summed E-state index contributed by atoms with van der Waals surface area (Å²) in [6, 6.07) is 3.84. The Hall–Kier alpha value is -3.02. The normalized spacial score (nSPS) is 13.3. The van der Waals surface area contributed by atoms with Gasteiger partial charge in [-0.3, -0.25) is 10.1 Å². The van der Waals surface area contributed by atoms with Crippen LogP contribution in [0.25, 0.3) is 11.0 Å². The Morgan fingerprint density at radius 2 is 2.21 bits per heavy atom. The van der Waals surface area contributed by atoms with E-state index < -0.39 is 0 Å². The maximum absolute atomic E-state index is 6.20. The molecule has 1 aliphatic rings. The number of halogens is 1. The van der Waals surface area contributed by atoms with Crippen molar-refractivity contribution in [3.63, 3.8) is 0 Å². The van der Waals surface area contributed by atoms with Crippen molar-refractivity contribution in [1.29, 1.82) is 0 Å². The number of nitrogens with one attached hydrogen (secondary N) is 4. The number of hydrazine groups is 2. The molecule has 0 saturated heterocycles. The first-order chi connectivity index (χ1) is 13.7. The van der Waals surface area contributed by atoms with Crippen LogP contribution >= 0.6 is 11.6 Å². The molecule has 0 radical (unpaired) electrons. The van der Waals surface area contributed by atoms with Gasteiger partial charge in [-0.2, -0.15) is 10.1 Å². The molecule has 3 aromatic rings. The van der Waals surface area contributed by atoms with E-state index in [-0.39, 0.29) is 5.28 Å². The summed E-state index contributed by atoms with van der Waals surface area (Å²) < 4.78 is 7.26. The highest BCUT2D eigenvalue weighted by molar-refractivity contribution is 6.29. The van der Waals surface area contributed by atoms with Crippen molar-refractivity contribution in [2.45, 2.75) is 20.4 Å². The molecule has 4 heterocycles. The molecule has 0 saturated carbocycles. The summed E-state index contributed by atoms with van der Waals surface area (Å²) in [7, 11) is 0.